The number of nitrogens with one attached hydrogen (secondary N) is 1. The summed E-state index contributed by atoms with van der Waals surface area (Å²) < 4.78 is 27.8. The van der Waals surface area contributed by atoms with Crippen molar-refractivity contribution in [2.75, 3.05) is 6.54 Å². The average Bonchev–Trinajstić information content (AvgIpc) is 2.85. The lowest BCUT2D eigenvalue weighted by atomic mass is 10.1. The molecule has 8 heteroatoms. The highest BCUT2D eigenvalue weighted by Crippen LogP contribution is 2.25. The number of carbonyl (C=O) groups is 1. The third kappa shape index (κ3) is 4.23. The first kappa shape index (κ1) is 18.8. The Morgan fingerprint density at radius 2 is 1.96 bits per heavy atom. The van der Waals surface area contributed by atoms with Gasteiger partial charge in [-0.2, -0.15) is 4.31 Å². The Kier molecular flexibility index (Phi) is 5.90. The topological polar surface area (TPSA) is 79.4 Å². The molecule has 2 aromatic rings. The van der Waals surface area contributed by atoms with Gasteiger partial charge in [0, 0.05) is 30.5 Å². The van der Waals surface area contributed by atoms with Crippen molar-refractivity contribution in [2.45, 2.75) is 36.7 Å². The highest BCUT2D eigenvalue weighted by atomic mass is 35.5. The number of aromatic nitrogens is 1. The number of benzene rings is 1. The molecule has 26 heavy (non-hydrogen) atoms. The molecular weight excluding hydrogens is 374 g/mol. The molecule has 138 valence electrons. The van der Waals surface area contributed by atoms with Crippen molar-refractivity contribution in [3.63, 3.8) is 0 Å². The van der Waals surface area contributed by atoms with Crippen LogP contribution in [0.1, 0.15) is 24.8 Å². The van der Waals surface area contributed by atoms with E-state index in [9.17, 15) is 13.2 Å². The van der Waals surface area contributed by atoms with Crippen LogP contribution >= 0.6 is 11.6 Å². The van der Waals surface area contributed by atoms with Crippen LogP contribution in [0.5, 0.6) is 0 Å². The van der Waals surface area contributed by atoms with Crippen molar-refractivity contribution in [3.05, 3.63) is 59.4 Å². The summed E-state index contributed by atoms with van der Waals surface area (Å²) in [6.07, 6.45) is 5.34. The fourth-order valence-corrected chi connectivity index (χ4v) is 4.71. The predicted octanol–water partition coefficient (Wildman–Crippen LogP) is 2.59. The van der Waals surface area contributed by atoms with E-state index in [1.54, 1.807) is 24.5 Å². The van der Waals surface area contributed by atoms with Gasteiger partial charge in [-0.3, -0.25) is 9.78 Å². The first-order valence-electron chi connectivity index (χ1n) is 8.42. The van der Waals surface area contributed by atoms with Crippen molar-refractivity contribution < 1.29 is 13.2 Å². The average molecular weight is 394 g/mol. The monoisotopic (exact) mass is 393 g/mol. The van der Waals surface area contributed by atoms with Crippen molar-refractivity contribution in [1.82, 2.24) is 14.6 Å². The van der Waals surface area contributed by atoms with Gasteiger partial charge in [0.2, 0.25) is 15.9 Å². The normalized spacial score (nSPS) is 18.4. The van der Waals surface area contributed by atoms with Crippen molar-refractivity contribution in [3.8, 4) is 0 Å². The van der Waals surface area contributed by atoms with Gasteiger partial charge in [-0.05, 0) is 55.2 Å². The van der Waals surface area contributed by atoms with Crippen LogP contribution in [0.3, 0.4) is 0 Å². The maximum absolute atomic E-state index is 13.3. The first-order valence-corrected chi connectivity index (χ1v) is 10.2. The maximum Gasteiger partial charge on any atom is 0.244 e. The lowest BCUT2D eigenvalue weighted by Gasteiger charge is -2.29. The van der Waals surface area contributed by atoms with Gasteiger partial charge in [-0.1, -0.05) is 17.7 Å². The highest BCUT2D eigenvalue weighted by Gasteiger charge is 2.36. The third-order valence-electron chi connectivity index (χ3n) is 4.34. The Labute approximate surface area is 158 Å². The Bertz CT molecular complexity index is 857. The number of hydrogen-bond donors (Lipinski definition) is 1. The van der Waals surface area contributed by atoms with Gasteiger partial charge >= 0.3 is 0 Å². The fraction of sp³-hybridized carbons (Fsp3) is 0.333. The van der Waals surface area contributed by atoms with E-state index in [2.05, 4.69) is 10.3 Å². The van der Waals surface area contributed by atoms with E-state index in [-0.39, 0.29) is 17.3 Å². The molecule has 0 aliphatic carbocycles. The molecule has 0 bridgehead atoms. The van der Waals surface area contributed by atoms with Gasteiger partial charge in [-0.25, -0.2) is 8.42 Å². The SMILES string of the molecule is O=C1NCCCC[C@H]1N(Cc1cccnc1)S(=O)(=O)c1ccc(Cl)cc1. The number of nitrogens with zero attached hydrogens (tertiary/aromatic N) is 2. The van der Waals surface area contributed by atoms with Crippen LogP contribution in [-0.2, 0) is 21.4 Å². The van der Waals surface area contributed by atoms with Gasteiger partial charge in [0.15, 0.2) is 0 Å². The number of rotatable bonds is 5. The molecule has 2 heterocycles. The summed E-state index contributed by atoms with van der Waals surface area (Å²) in [5.41, 5.74) is 0.724. The molecule has 1 amide bonds. The number of hydrogen-bond acceptors (Lipinski definition) is 4. The Morgan fingerprint density at radius 3 is 2.65 bits per heavy atom. The van der Waals surface area contributed by atoms with Crippen LogP contribution in [0.4, 0.5) is 0 Å². The molecule has 0 unspecified atom stereocenters. The van der Waals surface area contributed by atoms with E-state index in [4.69, 9.17) is 11.6 Å². The lowest BCUT2D eigenvalue weighted by molar-refractivity contribution is -0.124. The summed E-state index contributed by atoms with van der Waals surface area (Å²) >= 11 is 5.88. The van der Waals surface area contributed by atoms with E-state index in [1.165, 1.54) is 28.6 Å². The maximum atomic E-state index is 13.3. The van der Waals surface area contributed by atoms with Gasteiger partial charge < -0.3 is 5.32 Å². The molecule has 0 radical (unpaired) electrons. The number of amides is 1. The molecule has 1 aromatic carbocycles. The number of sulfonamides is 1. The second-order valence-corrected chi connectivity index (χ2v) is 8.50. The zero-order chi connectivity index (χ0) is 18.6. The minimum atomic E-state index is -3.88. The molecule has 0 saturated carbocycles. The van der Waals surface area contributed by atoms with Crippen LogP contribution in [0.15, 0.2) is 53.7 Å². The van der Waals surface area contributed by atoms with Crippen LogP contribution < -0.4 is 5.32 Å². The Morgan fingerprint density at radius 1 is 1.19 bits per heavy atom. The van der Waals surface area contributed by atoms with Crippen LogP contribution in [0.25, 0.3) is 0 Å². The molecule has 1 aliphatic rings. The number of carbonyl (C=O) groups excluding carboxylic acids is 1. The van der Waals surface area contributed by atoms with Crippen molar-refractivity contribution >= 4 is 27.5 Å². The third-order valence-corrected chi connectivity index (χ3v) is 6.46. The smallest absolute Gasteiger partial charge is 0.244 e. The molecular formula is C18H20ClN3O3S. The summed E-state index contributed by atoms with van der Waals surface area (Å²) in [6, 6.07) is 8.78. The quantitative estimate of drug-likeness (QED) is 0.846. The molecule has 6 nitrogen and oxygen atoms in total. The number of halogens is 1. The second kappa shape index (κ2) is 8.16. The predicted molar refractivity (Wildman–Crippen MR) is 99.1 cm³/mol. The van der Waals surface area contributed by atoms with E-state index in [0.717, 1.165) is 18.4 Å². The van der Waals surface area contributed by atoms with Crippen LogP contribution in [0, 0.1) is 0 Å². The summed E-state index contributed by atoms with van der Waals surface area (Å²) in [4.78, 5) is 16.7. The summed E-state index contributed by atoms with van der Waals surface area (Å²) in [5.74, 6) is -0.260. The summed E-state index contributed by atoms with van der Waals surface area (Å²) in [7, 11) is -3.88. The standard InChI is InChI=1S/C18H20ClN3O3S/c19-15-6-8-16(9-7-15)26(24,25)22(13-14-4-3-10-20-12-14)17-5-1-2-11-21-18(17)23/h3-4,6-10,12,17H,1-2,5,11,13H2,(H,21,23)/t17-/m1/s1. The minimum Gasteiger partial charge on any atom is -0.355 e. The largest absolute Gasteiger partial charge is 0.355 e. The molecule has 1 atom stereocenters. The minimum absolute atomic E-state index is 0.0802. The van der Waals surface area contributed by atoms with Crippen molar-refractivity contribution in [1.29, 1.82) is 0 Å². The zero-order valence-electron chi connectivity index (χ0n) is 14.1. The van der Waals surface area contributed by atoms with E-state index < -0.39 is 16.1 Å². The molecule has 1 fully saturated rings. The summed E-state index contributed by atoms with van der Waals surface area (Å²) in [5, 5.41) is 3.27. The fourth-order valence-electron chi connectivity index (χ4n) is 2.97. The Hall–Kier alpha value is -1.96. The van der Waals surface area contributed by atoms with Crippen LogP contribution in [-0.4, -0.2) is 36.2 Å². The molecule has 1 aromatic heterocycles. The highest BCUT2D eigenvalue weighted by molar-refractivity contribution is 7.89. The second-order valence-electron chi connectivity index (χ2n) is 6.17. The van der Waals surface area contributed by atoms with Crippen molar-refractivity contribution in [2.24, 2.45) is 0 Å². The molecule has 0 spiro atoms. The molecule has 3 rings (SSSR count). The van der Waals surface area contributed by atoms with Gasteiger partial charge in [0.05, 0.1) is 4.90 Å². The summed E-state index contributed by atoms with van der Waals surface area (Å²) in [6.45, 7) is 0.647. The molecule has 1 N–H and O–H groups in total. The van der Waals surface area contributed by atoms with Gasteiger partial charge in [0.25, 0.3) is 0 Å². The first-order chi connectivity index (χ1) is 12.5. The van der Waals surface area contributed by atoms with E-state index >= 15 is 0 Å². The molecule has 1 aliphatic heterocycles. The van der Waals surface area contributed by atoms with E-state index in [0.29, 0.717) is 18.0 Å². The van der Waals surface area contributed by atoms with Gasteiger partial charge in [0.1, 0.15) is 6.04 Å². The molecule has 1 saturated heterocycles. The van der Waals surface area contributed by atoms with Crippen LogP contribution in [0.2, 0.25) is 5.02 Å². The lowest BCUT2D eigenvalue weighted by Crippen LogP contribution is -2.48. The van der Waals surface area contributed by atoms with E-state index in [1.807, 2.05) is 0 Å². The van der Waals surface area contributed by atoms with Gasteiger partial charge in [-0.15, -0.1) is 0 Å². The zero-order valence-corrected chi connectivity index (χ0v) is 15.7. The number of pyridine rings is 1. The Balaban J connectivity index is 2.01.